The number of halogens is 2. The van der Waals surface area contributed by atoms with Crippen molar-refractivity contribution in [2.24, 2.45) is 11.6 Å². The fourth-order valence-corrected chi connectivity index (χ4v) is 5.88. The number of dihydropyridines is 1. The molecular weight excluding hydrogens is 595 g/mol. The van der Waals surface area contributed by atoms with Crippen molar-refractivity contribution in [2.75, 3.05) is 22.8 Å². The number of amides is 2. The molecular formula is C34H36ClFN6O3. The van der Waals surface area contributed by atoms with Crippen LogP contribution in [0.4, 0.5) is 26.2 Å². The first-order valence-electron chi connectivity index (χ1n) is 14.6. The van der Waals surface area contributed by atoms with E-state index >= 15 is 4.39 Å². The highest BCUT2D eigenvalue weighted by Crippen LogP contribution is 2.38. The molecule has 0 aromatic heterocycles. The van der Waals surface area contributed by atoms with E-state index in [0.29, 0.717) is 41.2 Å². The number of hydrogen-bond acceptors (Lipinski definition) is 7. The summed E-state index contributed by atoms with van der Waals surface area (Å²) in [5.41, 5.74) is 11.5. The van der Waals surface area contributed by atoms with Gasteiger partial charge >= 0.3 is 6.09 Å². The van der Waals surface area contributed by atoms with Crippen molar-refractivity contribution in [3.63, 3.8) is 0 Å². The van der Waals surface area contributed by atoms with Crippen LogP contribution < -0.4 is 32.5 Å². The van der Waals surface area contributed by atoms with E-state index in [9.17, 15) is 9.59 Å². The molecule has 2 aliphatic heterocycles. The van der Waals surface area contributed by atoms with Crippen LogP contribution in [0, 0.1) is 5.82 Å². The maximum Gasteiger partial charge on any atom is 0.411 e. The number of nitrogens with one attached hydrogen (secondary N) is 3. The molecule has 2 heterocycles. The van der Waals surface area contributed by atoms with Crippen molar-refractivity contribution in [1.82, 2.24) is 5.32 Å². The lowest BCUT2D eigenvalue weighted by Gasteiger charge is -2.30. The summed E-state index contributed by atoms with van der Waals surface area (Å²) in [6.07, 6.45) is 9.32. The van der Waals surface area contributed by atoms with E-state index in [2.05, 4.69) is 28.1 Å². The molecule has 0 radical (unpaired) electrons. The molecule has 0 fully saturated rings. The minimum Gasteiger partial charge on any atom is -0.453 e. The van der Waals surface area contributed by atoms with Gasteiger partial charge in [-0.15, -0.1) is 0 Å². The number of nitrogens with zero attached hydrogens (tertiary/aromatic N) is 1. The number of methoxy groups -OCH3 is 1. The van der Waals surface area contributed by atoms with Gasteiger partial charge in [0.1, 0.15) is 0 Å². The maximum atomic E-state index is 15.4. The van der Waals surface area contributed by atoms with Gasteiger partial charge in [-0.1, -0.05) is 60.5 Å². The van der Waals surface area contributed by atoms with E-state index in [1.165, 1.54) is 24.4 Å². The predicted octanol–water partition coefficient (Wildman–Crippen LogP) is 6.99. The smallest absolute Gasteiger partial charge is 0.411 e. The van der Waals surface area contributed by atoms with Crippen molar-refractivity contribution in [3.05, 3.63) is 107 Å². The van der Waals surface area contributed by atoms with E-state index < -0.39 is 11.9 Å². The van der Waals surface area contributed by atoms with E-state index in [1.54, 1.807) is 31.3 Å². The van der Waals surface area contributed by atoms with Gasteiger partial charge in [0.05, 0.1) is 29.5 Å². The van der Waals surface area contributed by atoms with Crippen LogP contribution in [0.5, 0.6) is 0 Å². The first-order valence-corrected chi connectivity index (χ1v) is 15.0. The Labute approximate surface area is 266 Å². The van der Waals surface area contributed by atoms with Crippen molar-refractivity contribution in [1.29, 1.82) is 0 Å². The first kappa shape index (κ1) is 31.6. The second kappa shape index (κ2) is 13.9. The van der Waals surface area contributed by atoms with E-state index in [-0.39, 0.29) is 28.5 Å². The van der Waals surface area contributed by atoms with Gasteiger partial charge in [-0.2, -0.15) is 0 Å². The normalized spacial score (nSPS) is 18.3. The number of hydrogen-bond donors (Lipinski definition) is 5. The van der Waals surface area contributed by atoms with E-state index in [4.69, 9.17) is 27.9 Å². The Hall–Kier alpha value is -4.80. The highest BCUT2D eigenvalue weighted by molar-refractivity contribution is 6.31. The quantitative estimate of drug-likeness (QED) is 0.151. The van der Waals surface area contributed by atoms with Crippen LogP contribution in [0.1, 0.15) is 49.7 Å². The molecule has 3 aromatic carbocycles. The van der Waals surface area contributed by atoms with Crippen LogP contribution in [0.2, 0.25) is 5.02 Å². The summed E-state index contributed by atoms with van der Waals surface area (Å²) in [6, 6.07) is 16.6. The molecule has 0 spiro atoms. The second-order valence-corrected chi connectivity index (χ2v) is 11.5. The van der Waals surface area contributed by atoms with E-state index in [1.807, 2.05) is 30.4 Å². The highest BCUT2D eigenvalue weighted by Gasteiger charge is 2.26. The van der Waals surface area contributed by atoms with Crippen LogP contribution in [0.15, 0.2) is 84.8 Å². The van der Waals surface area contributed by atoms with Gasteiger partial charge in [0, 0.05) is 52.8 Å². The lowest BCUT2D eigenvalue weighted by molar-refractivity contribution is -0.116. The number of anilines is 3. The van der Waals surface area contributed by atoms with Crippen LogP contribution in [-0.4, -0.2) is 25.2 Å². The third kappa shape index (κ3) is 7.30. The predicted molar refractivity (Wildman–Crippen MR) is 178 cm³/mol. The molecule has 0 saturated heterocycles. The third-order valence-electron chi connectivity index (χ3n) is 7.85. The van der Waals surface area contributed by atoms with Gasteiger partial charge < -0.3 is 21.1 Å². The molecule has 2 atom stereocenters. The number of rotatable bonds is 5. The fraction of sp³-hybridized carbons (Fsp3) is 0.235. The summed E-state index contributed by atoms with van der Waals surface area (Å²) in [4.78, 5) is 24.7. The molecule has 234 valence electrons. The number of fused-ring (bicyclic) bond motifs is 4. The molecule has 7 N–H and O–H groups in total. The number of ether oxygens (including phenoxy) is 1. The Morgan fingerprint density at radius 3 is 2.73 bits per heavy atom. The standard InChI is InChI=1S/C34H36ClFN6O3/c1-20(37)19-42(38)30-15-13-27(35)33(36)32(30)23-10-14-28(39-18-23)25-8-3-4-9-31(43)41-29-17-24(40-34(44)45-2)11-12-26(29)22-7-5-6-21(25)16-22/h5-7,10-19,25,28,39H,3-4,8-9,37-38H2,1-2H3,(H,40,44)(H,41,43)/b20-19-. The lowest BCUT2D eigenvalue weighted by atomic mass is 9.83. The van der Waals surface area contributed by atoms with Crippen LogP contribution in [0.25, 0.3) is 16.7 Å². The third-order valence-corrected chi connectivity index (χ3v) is 8.14. The second-order valence-electron chi connectivity index (χ2n) is 11.1. The van der Waals surface area contributed by atoms with Gasteiger partial charge in [0.2, 0.25) is 5.91 Å². The zero-order chi connectivity index (χ0) is 32.1. The average molecular weight is 631 g/mol. The topological polar surface area (TPSA) is 135 Å². The Morgan fingerprint density at radius 1 is 1.18 bits per heavy atom. The number of carbonyl (C=O) groups excluding carboxylic acids is 2. The maximum absolute atomic E-state index is 15.4. The minimum atomic E-state index is -0.596. The minimum absolute atomic E-state index is 0.0133. The van der Waals surface area contributed by atoms with Crippen molar-refractivity contribution >= 4 is 46.2 Å². The Balaban J connectivity index is 1.47. The SMILES string of the molecule is COC(=O)Nc1ccc2c(c1)NC(=O)CCCCC(C1C=CC(c3c(N(N)/C=C(/C)N)ccc(Cl)c3F)=CN1)c1cccc-2c1. The molecule has 0 aliphatic carbocycles. The average Bonchev–Trinajstić information content (AvgIpc) is 3.02. The summed E-state index contributed by atoms with van der Waals surface area (Å²) in [5.74, 6) is 5.59. The number of carbonyl (C=O) groups is 2. The lowest BCUT2D eigenvalue weighted by Crippen LogP contribution is -2.32. The number of benzene rings is 3. The number of nitrogens with two attached hydrogens (primary N) is 2. The largest absolute Gasteiger partial charge is 0.453 e. The van der Waals surface area contributed by atoms with Crippen molar-refractivity contribution in [3.8, 4) is 11.1 Å². The summed E-state index contributed by atoms with van der Waals surface area (Å²) in [5, 5.41) is 10.4. The van der Waals surface area contributed by atoms with Crippen molar-refractivity contribution in [2.45, 2.75) is 44.6 Å². The molecule has 2 unspecified atom stereocenters. The number of allylic oxidation sites excluding steroid dienone is 3. The summed E-state index contributed by atoms with van der Waals surface area (Å²) >= 11 is 6.18. The van der Waals surface area contributed by atoms with Gasteiger partial charge in [-0.25, -0.2) is 15.0 Å². The summed E-state index contributed by atoms with van der Waals surface area (Å²) in [6.45, 7) is 1.69. The zero-order valence-corrected chi connectivity index (χ0v) is 25.8. The molecule has 11 heteroatoms. The van der Waals surface area contributed by atoms with Gasteiger partial charge in [0.25, 0.3) is 0 Å². The van der Waals surface area contributed by atoms with Gasteiger partial charge in [-0.3, -0.25) is 15.1 Å². The molecule has 0 saturated carbocycles. The molecule has 2 bridgehead atoms. The number of hydrazine groups is 1. The summed E-state index contributed by atoms with van der Waals surface area (Å²) in [7, 11) is 1.29. The van der Waals surface area contributed by atoms with Gasteiger partial charge in [-0.05, 0) is 55.2 Å². The Morgan fingerprint density at radius 2 is 2.00 bits per heavy atom. The van der Waals surface area contributed by atoms with Crippen LogP contribution in [0.3, 0.4) is 0 Å². The molecule has 2 aliphatic rings. The Bertz CT molecular complexity index is 1700. The van der Waals surface area contributed by atoms with Crippen LogP contribution in [-0.2, 0) is 9.53 Å². The molecule has 3 aromatic rings. The highest BCUT2D eigenvalue weighted by atomic mass is 35.5. The van der Waals surface area contributed by atoms with Crippen LogP contribution >= 0.6 is 11.6 Å². The van der Waals surface area contributed by atoms with Gasteiger partial charge in [0.15, 0.2) is 5.82 Å². The molecule has 9 nitrogen and oxygen atoms in total. The van der Waals surface area contributed by atoms with Crippen molar-refractivity contribution < 1.29 is 18.7 Å². The molecule has 5 rings (SSSR count). The summed E-state index contributed by atoms with van der Waals surface area (Å²) < 4.78 is 20.1. The first-order chi connectivity index (χ1) is 21.6. The zero-order valence-electron chi connectivity index (χ0n) is 25.1. The van der Waals surface area contributed by atoms with E-state index in [0.717, 1.165) is 29.5 Å². The Kier molecular flexibility index (Phi) is 9.75. The molecule has 2 amide bonds. The fourth-order valence-electron chi connectivity index (χ4n) is 5.72. The monoisotopic (exact) mass is 630 g/mol. The molecule has 45 heavy (non-hydrogen) atoms.